The van der Waals surface area contributed by atoms with Crippen molar-refractivity contribution in [3.63, 3.8) is 0 Å². The molecule has 0 radical (unpaired) electrons. The van der Waals surface area contributed by atoms with E-state index in [4.69, 9.17) is 0 Å². The predicted molar refractivity (Wildman–Crippen MR) is 71.0 cm³/mol. The van der Waals surface area contributed by atoms with Gasteiger partial charge in [0.25, 0.3) is 0 Å². The third kappa shape index (κ3) is 4.00. The lowest BCUT2D eigenvalue weighted by Crippen LogP contribution is -2.44. The Balaban J connectivity index is 3.45. The van der Waals surface area contributed by atoms with E-state index >= 15 is 0 Å². The Morgan fingerprint density at radius 1 is 1.26 bits per heavy atom. The molecule has 5 nitrogen and oxygen atoms in total. The molecule has 0 aliphatic carbocycles. The molecule has 0 spiro atoms. The third-order valence-electron chi connectivity index (χ3n) is 2.30. The average molecular weight is 289 g/mol. The molecule has 0 heterocycles. The molecule has 0 aliphatic rings. The van der Waals surface area contributed by atoms with Crippen LogP contribution in [0.25, 0.3) is 0 Å². The van der Waals surface area contributed by atoms with Crippen LogP contribution in [0.5, 0.6) is 0 Å². The molecule has 8 heteroatoms. The molecular formula is C11H17BFNO4S. The minimum atomic E-state index is -4.04. The molecule has 0 amide bonds. The largest absolute Gasteiger partial charge is 0.489 e. The second kappa shape index (κ2) is 5.20. The molecule has 0 aliphatic heterocycles. The van der Waals surface area contributed by atoms with Gasteiger partial charge < -0.3 is 10.0 Å². The number of hydrogen-bond acceptors (Lipinski definition) is 4. The molecule has 1 aromatic rings. The maximum atomic E-state index is 13.5. The number of halogens is 1. The summed E-state index contributed by atoms with van der Waals surface area (Å²) in [6.45, 7) is 6.30. The van der Waals surface area contributed by atoms with Gasteiger partial charge in [-0.15, -0.1) is 0 Å². The highest BCUT2D eigenvalue weighted by atomic mass is 32.2. The van der Waals surface area contributed by atoms with E-state index < -0.39 is 33.4 Å². The maximum absolute atomic E-state index is 13.5. The van der Waals surface area contributed by atoms with Gasteiger partial charge in [0, 0.05) is 11.0 Å². The van der Waals surface area contributed by atoms with Crippen molar-refractivity contribution in [2.24, 2.45) is 0 Å². The smallest absolute Gasteiger partial charge is 0.423 e. The Kier molecular flexibility index (Phi) is 4.41. The topological polar surface area (TPSA) is 86.6 Å². The van der Waals surface area contributed by atoms with Crippen molar-refractivity contribution in [1.29, 1.82) is 0 Å². The minimum absolute atomic E-state index is 0.137. The normalized spacial score (nSPS) is 12.6. The lowest BCUT2D eigenvalue weighted by Gasteiger charge is -2.22. The van der Waals surface area contributed by atoms with Gasteiger partial charge in [-0.3, -0.25) is 0 Å². The van der Waals surface area contributed by atoms with Crippen molar-refractivity contribution < 1.29 is 22.9 Å². The Morgan fingerprint density at radius 2 is 1.79 bits per heavy atom. The van der Waals surface area contributed by atoms with Crippen LogP contribution in [0.4, 0.5) is 4.39 Å². The van der Waals surface area contributed by atoms with Gasteiger partial charge in [0.2, 0.25) is 10.0 Å². The number of hydrogen-bond donors (Lipinski definition) is 3. The number of nitrogens with one attached hydrogen (secondary N) is 1. The second-order valence-electron chi connectivity index (χ2n) is 5.37. The summed E-state index contributed by atoms with van der Waals surface area (Å²) in [7, 11) is -6.04. The van der Waals surface area contributed by atoms with Crippen LogP contribution in [0.15, 0.2) is 17.0 Å². The van der Waals surface area contributed by atoms with Crippen molar-refractivity contribution in [2.75, 3.05) is 0 Å². The summed E-state index contributed by atoms with van der Waals surface area (Å²) in [6.07, 6.45) is 0. The highest BCUT2D eigenvalue weighted by Crippen LogP contribution is 2.15. The van der Waals surface area contributed by atoms with Crippen LogP contribution in [0.2, 0.25) is 0 Å². The zero-order chi connectivity index (χ0) is 15.0. The SMILES string of the molecule is Cc1cc(B(O)O)c(S(=O)(=O)NC(C)(C)C)cc1F. The molecule has 3 N–H and O–H groups in total. The number of sulfonamides is 1. The maximum Gasteiger partial charge on any atom is 0.489 e. The predicted octanol–water partition coefficient (Wildman–Crippen LogP) is -0.109. The zero-order valence-corrected chi connectivity index (χ0v) is 12.0. The van der Waals surface area contributed by atoms with Gasteiger partial charge in [-0.2, -0.15) is 0 Å². The monoisotopic (exact) mass is 289 g/mol. The number of aryl methyl sites for hydroxylation is 1. The molecule has 0 atom stereocenters. The van der Waals surface area contributed by atoms with Crippen LogP contribution < -0.4 is 10.2 Å². The Hall–Kier alpha value is -0.955. The molecule has 0 saturated heterocycles. The van der Waals surface area contributed by atoms with Crippen LogP contribution in [-0.2, 0) is 10.0 Å². The fourth-order valence-electron chi connectivity index (χ4n) is 1.58. The van der Waals surface area contributed by atoms with Gasteiger partial charge in [-0.05, 0) is 39.3 Å². The standard InChI is InChI=1S/C11H17BFNO4S/c1-7-5-8(12(15)16)10(6-9(7)13)19(17,18)14-11(2,3)4/h5-6,14-16H,1-4H3. The summed E-state index contributed by atoms with van der Waals surface area (Å²) in [4.78, 5) is -0.472. The third-order valence-corrected chi connectivity index (χ3v) is 4.11. The summed E-state index contributed by atoms with van der Waals surface area (Å²) in [5.41, 5.74) is -0.883. The Bertz CT molecular complexity index is 581. The molecule has 106 valence electrons. The fourth-order valence-corrected chi connectivity index (χ4v) is 3.23. The molecule has 0 saturated carbocycles. The number of rotatable bonds is 3. The van der Waals surface area contributed by atoms with E-state index in [0.717, 1.165) is 12.1 Å². The first-order valence-corrected chi connectivity index (χ1v) is 7.12. The lowest BCUT2D eigenvalue weighted by molar-refractivity contribution is 0.424. The summed E-state index contributed by atoms with van der Waals surface area (Å²) < 4.78 is 40.1. The van der Waals surface area contributed by atoms with Gasteiger partial charge in [0.1, 0.15) is 5.82 Å². The van der Waals surface area contributed by atoms with E-state index in [1.165, 1.54) is 6.92 Å². The molecule has 0 aromatic heterocycles. The molecule has 0 fully saturated rings. The van der Waals surface area contributed by atoms with Crippen LogP contribution >= 0.6 is 0 Å². The average Bonchev–Trinajstić information content (AvgIpc) is 2.17. The van der Waals surface area contributed by atoms with E-state index in [1.807, 2.05) is 0 Å². The van der Waals surface area contributed by atoms with E-state index in [1.54, 1.807) is 20.8 Å². The van der Waals surface area contributed by atoms with Crippen LogP contribution in [0.3, 0.4) is 0 Å². The van der Waals surface area contributed by atoms with Gasteiger partial charge in [-0.25, -0.2) is 17.5 Å². The van der Waals surface area contributed by atoms with E-state index in [9.17, 15) is 22.9 Å². The first kappa shape index (κ1) is 16.1. The van der Waals surface area contributed by atoms with Crippen LogP contribution in [-0.4, -0.2) is 31.1 Å². The molecular weight excluding hydrogens is 272 g/mol. The zero-order valence-electron chi connectivity index (χ0n) is 11.2. The minimum Gasteiger partial charge on any atom is -0.423 e. The van der Waals surface area contributed by atoms with Crippen molar-refractivity contribution in [2.45, 2.75) is 38.1 Å². The summed E-state index contributed by atoms with van der Waals surface area (Å²) in [6, 6.07) is 1.90. The summed E-state index contributed by atoms with van der Waals surface area (Å²) >= 11 is 0. The van der Waals surface area contributed by atoms with E-state index in [2.05, 4.69) is 4.72 Å². The van der Waals surface area contributed by atoms with Crippen LogP contribution in [0, 0.1) is 12.7 Å². The molecule has 1 aromatic carbocycles. The Morgan fingerprint density at radius 3 is 2.21 bits per heavy atom. The van der Waals surface area contributed by atoms with Crippen LogP contribution in [0.1, 0.15) is 26.3 Å². The van der Waals surface area contributed by atoms with Crippen molar-refractivity contribution in [3.8, 4) is 0 Å². The Labute approximate surface area is 112 Å². The lowest BCUT2D eigenvalue weighted by atomic mass is 9.79. The van der Waals surface area contributed by atoms with Crippen molar-refractivity contribution in [1.82, 2.24) is 4.72 Å². The fraction of sp³-hybridized carbons (Fsp3) is 0.455. The second-order valence-corrected chi connectivity index (χ2v) is 7.02. The molecule has 0 unspecified atom stereocenters. The summed E-state index contributed by atoms with van der Waals surface area (Å²) in [5.74, 6) is -0.723. The van der Waals surface area contributed by atoms with Gasteiger partial charge in [0.05, 0.1) is 4.90 Å². The molecule has 1 rings (SSSR count). The van der Waals surface area contributed by atoms with Gasteiger partial charge in [0.15, 0.2) is 0 Å². The van der Waals surface area contributed by atoms with Crippen molar-refractivity contribution in [3.05, 3.63) is 23.5 Å². The molecule has 19 heavy (non-hydrogen) atoms. The van der Waals surface area contributed by atoms with E-state index in [-0.39, 0.29) is 11.0 Å². The summed E-state index contributed by atoms with van der Waals surface area (Å²) in [5, 5.41) is 18.4. The van der Waals surface area contributed by atoms with Gasteiger partial charge in [-0.1, -0.05) is 6.07 Å². The quantitative estimate of drug-likeness (QED) is 0.678. The highest BCUT2D eigenvalue weighted by Gasteiger charge is 2.29. The molecule has 0 bridgehead atoms. The number of benzene rings is 1. The first-order valence-electron chi connectivity index (χ1n) is 5.64. The van der Waals surface area contributed by atoms with Gasteiger partial charge >= 0.3 is 7.12 Å². The highest BCUT2D eigenvalue weighted by molar-refractivity contribution is 7.89. The first-order chi connectivity index (χ1) is 8.44. The van der Waals surface area contributed by atoms with Crippen molar-refractivity contribution >= 4 is 22.6 Å². The van der Waals surface area contributed by atoms with E-state index in [0.29, 0.717) is 0 Å².